The second-order valence-corrected chi connectivity index (χ2v) is 5.01. The van der Waals surface area contributed by atoms with Crippen molar-refractivity contribution in [3.05, 3.63) is 53.4 Å². The third-order valence-corrected chi connectivity index (χ3v) is 3.29. The van der Waals surface area contributed by atoms with Gasteiger partial charge in [-0.25, -0.2) is 8.78 Å². The molecule has 0 radical (unpaired) electrons. The van der Waals surface area contributed by atoms with Gasteiger partial charge in [0.25, 0.3) is 5.91 Å². The zero-order valence-electron chi connectivity index (χ0n) is 12.4. The lowest BCUT2D eigenvalue weighted by atomic mass is 10.1. The average Bonchev–Trinajstić information content (AvgIpc) is 3.05. The Labute approximate surface area is 130 Å². The predicted octanol–water partition coefficient (Wildman–Crippen LogP) is 2.65. The number of anilines is 1. The summed E-state index contributed by atoms with van der Waals surface area (Å²) in [5, 5.41) is 13.0. The molecule has 3 aromatic rings. The molecule has 0 spiro atoms. The summed E-state index contributed by atoms with van der Waals surface area (Å²) in [6.07, 6.45) is 0. The van der Waals surface area contributed by atoms with Crippen LogP contribution in [-0.2, 0) is 7.05 Å². The summed E-state index contributed by atoms with van der Waals surface area (Å²) in [4.78, 5) is 12.2. The number of carbonyl (C=O) groups excluding carboxylic acids is 1. The van der Waals surface area contributed by atoms with E-state index < -0.39 is 17.5 Å². The third-order valence-electron chi connectivity index (χ3n) is 3.29. The number of carbonyl (C=O) groups is 1. The second-order valence-electron chi connectivity index (χ2n) is 5.01. The van der Waals surface area contributed by atoms with Crippen molar-refractivity contribution in [2.45, 2.75) is 6.92 Å². The molecule has 1 aromatic carbocycles. The number of halogens is 2. The van der Waals surface area contributed by atoms with Crippen molar-refractivity contribution in [1.82, 2.24) is 20.0 Å². The van der Waals surface area contributed by atoms with E-state index in [-0.39, 0.29) is 17.1 Å². The Hall–Kier alpha value is -3.03. The van der Waals surface area contributed by atoms with Gasteiger partial charge in [-0.2, -0.15) is 10.2 Å². The summed E-state index contributed by atoms with van der Waals surface area (Å²) >= 11 is 0. The molecule has 118 valence electrons. The summed E-state index contributed by atoms with van der Waals surface area (Å²) in [5.41, 5.74) is 0.965. The van der Waals surface area contributed by atoms with E-state index in [1.54, 1.807) is 20.0 Å². The number of rotatable bonds is 3. The molecule has 2 heterocycles. The van der Waals surface area contributed by atoms with Gasteiger partial charge < -0.3 is 5.32 Å². The maximum Gasteiger partial charge on any atom is 0.275 e. The number of H-pyrrole nitrogens is 1. The van der Waals surface area contributed by atoms with Crippen LogP contribution in [-0.4, -0.2) is 25.9 Å². The number of benzene rings is 1. The Morgan fingerprint density at radius 1 is 1.26 bits per heavy atom. The molecule has 0 bridgehead atoms. The van der Waals surface area contributed by atoms with E-state index in [1.807, 2.05) is 0 Å². The molecule has 0 aliphatic carbocycles. The van der Waals surface area contributed by atoms with E-state index in [0.717, 1.165) is 12.1 Å². The fourth-order valence-electron chi connectivity index (χ4n) is 2.27. The molecule has 0 aliphatic heterocycles. The minimum atomic E-state index is -0.714. The smallest absolute Gasteiger partial charge is 0.275 e. The summed E-state index contributed by atoms with van der Waals surface area (Å²) < 4.78 is 28.9. The molecule has 0 fully saturated rings. The van der Waals surface area contributed by atoms with Crippen LogP contribution in [0.15, 0.2) is 30.3 Å². The van der Waals surface area contributed by atoms with E-state index in [2.05, 4.69) is 20.6 Å². The van der Waals surface area contributed by atoms with Gasteiger partial charge in [-0.3, -0.25) is 14.6 Å². The van der Waals surface area contributed by atoms with Crippen LogP contribution < -0.4 is 5.32 Å². The van der Waals surface area contributed by atoms with Gasteiger partial charge in [0.2, 0.25) is 0 Å². The Morgan fingerprint density at radius 3 is 2.57 bits per heavy atom. The van der Waals surface area contributed by atoms with Crippen LogP contribution in [0.1, 0.15) is 16.2 Å². The maximum atomic E-state index is 13.7. The SMILES string of the molecule is Cc1cc(C(=O)Nc2cc(-c3c(F)cccc3F)[nH]n2)n(C)n1. The number of aryl methyl sites for hydroxylation is 2. The molecule has 0 saturated carbocycles. The van der Waals surface area contributed by atoms with Gasteiger partial charge in [0.05, 0.1) is 17.0 Å². The quantitative estimate of drug-likeness (QED) is 0.780. The zero-order chi connectivity index (χ0) is 16.6. The number of aromatic nitrogens is 4. The Morgan fingerprint density at radius 2 is 1.96 bits per heavy atom. The van der Waals surface area contributed by atoms with E-state index in [9.17, 15) is 13.6 Å². The lowest BCUT2D eigenvalue weighted by Crippen LogP contribution is -2.16. The largest absolute Gasteiger partial charge is 0.304 e. The van der Waals surface area contributed by atoms with E-state index in [1.165, 1.54) is 16.8 Å². The first kappa shape index (κ1) is 14.9. The molecule has 23 heavy (non-hydrogen) atoms. The van der Waals surface area contributed by atoms with Crippen LogP contribution in [0.25, 0.3) is 11.3 Å². The molecule has 6 nitrogen and oxygen atoms in total. The minimum Gasteiger partial charge on any atom is -0.304 e. The topological polar surface area (TPSA) is 75.6 Å². The van der Waals surface area contributed by atoms with Gasteiger partial charge >= 0.3 is 0 Å². The standard InChI is InChI=1S/C15H13F2N5O/c1-8-6-12(22(2)21-8)15(23)18-13-7-11(19-20-13)14-9(16)4-3-5-10(14)17/h3-7H,1-2H3,(H2,18,19,20,23). The van der Waals surface area contributed by atoms with Crippen molar-refractivity contribution in [3.8, 4) is 11.3 Å². The van der Waals surface area contributed by atoms with Crippen LogP contribution in [0.5, 0.6) is 0 Å². The molecular weight excluding hydrogens is 304 g/mol. The lowest BCUT2D eigenvalue weighted by molar-refractivity contribution is 0.101. The fourth-order valence-corrected chi connectivity index (χ4v) is 2.27. The zero-order valence-corrected chi connectivity index (χ0v) is 12.4. The van der Waals surface area contributed by atoms with Crippen molar-refractivity contribution >= 4 is 11.7 Å². The van der Waals surface area contributed by atoms with Crippen LogP contribution in [0.2, 0.25) is 0 Å². The van der Waals surface area contributed by atoms with Gasteiger partial charge in [0, 0.05) is 13.1 Å². The third kappa shape index (κ3) is 2.83. The Kier molecular flexibility index (Phi) is 3.65. The highest BCUT2D eigenvalue weighted by atomic mass is 19.1. The van der Waals surface area contributed by atoms with Crippen LogP contribution in [0.3, 0.4) is 0 Å². The van der Waals surface area contributed by atoms with E-state index in [4.69, 9.17) is 0 Å². The van der Waals surface area contributed by atoms with Crippen molar-refractivity contribution in [2.24, 2.45) is 7.05 Å². The van der Waals surface area contributed by atoms with Crippen molar-refractivity contribution in [3.63, 3.8) is 0 Å². The number of aromatic amines is 1. The molecular formula is C15H13F2N5O. The van der Waals surface area contributed by atoms with Crippen molar-refractivity contribution in [2.75, 3.05) is 5.32 Å². The highest BCUT2D eigenvalue weighted by Gasteiger charge is 2.16. The van der Waals surface area contributed by atoms with Gasteiger partial charge in [-0.05, 0) is 25.1 Å². The first-order valence-electron chi connectivity index (χ1n) is 6.77. The summed E-state index contributed by atoms with van der Waals surface area (Å²) in [6.45, 7) is 1.77. The first-order valence-corrected chi connectivity index (χ1v) is 6.77. The minimum absolute atomic E-state index is 0.136. The van der Waals surface area contributed by atoms with Crippen LogP contribution >= 0.6 is 0 Å². The number of amides is 1. The lowest BCUT2D eigenvalue weighted by Gasteiger charge is -2.02. The Bertz CT molecular complexity index is 864. The van der Waals surface area contributed by atoms with Gasteiger partial charge in [0.15, 0.2) is 5.82 Å². The highest BCUT2D eigenvalue weighted by Crippen LogP contribution is 2.25. The first-order chi connectivity index (χ1) is 11.0. The van der Waals surface area contributed by atoms with Crippen LogP contribution in [0.4, 0.5) is 14.6 Å². The molecule has 2 aromatic heterocycles. The van der Waals surface area contributed by atoms with E-state index in [0.29, 0.717) is 11.4 Å². The van der Waals surface area contributed by atoms with Gasteiger partial charge in [-0.15, -0.1) is 0 Å². The predicted molar refractivity (Wildman–Crippen MR) is 79.8 cm³/mol. The fraction of sp³-hybridized carbons (Fsp3) is 0.133. The summed E-state index contributed by atoms with van der Waals surface area (Å²) in [5.74, 6) is -1.69. The molecule has 0 atom stereocenters. The molecule has 0 unspecified atom stereocenters. The second kappa shape index (κ2) is 5.64. The summed E-state index contributed by atoms with van der Waals surface area (Å²) in [6, 6.07) is 6.56. The number of nitrogens with zero attached hydrogens (tertiary/aromatic N) is 3. The highest BCUT2D eigenvalue weighted by molar-refractivity contribution is 6.02. The monoisotopic (exact) mass is 317 g/mol. The number of nitrogens with one attached hydrogen (secondary N) is 2. The maximum absolute atomic E-state index is 13.7. The number of hydrogen-bond donors (Lipinski definition) is 2. The van der Waals surface area contributed by atoms with Crippen molar-refractivity contribution in [1.29, 1.82) is 0 Å². The van der Waals surface area contributed by atoms with Gasteiger partial charge in [0.1, 0.15) is 17.3 Å². The normalized spacial score (nSPS) is 10.8. The Balaban J connectivity index is 1.85. The molecule has 3 rings (SSSR count). The van der Waals surface area contributed by atoms with Gasteiger partial charge in [-0.1, -0.05) is 6.07 Å². The summed E-state index contributed by atoms with van der Waals surface area (Å²) in [7, 11) is 1.65. The molecule has 0 saturated heterocycles. The van der Waals surface area contributed by atoms with Crippen molar-refractivity contribution < 1.29 is 13.6 Å². The molecule has 1 amide bonds. The average molecular weight is 317 g/mol. The molecule has 0 aliphatic rings. The van der Waals surface area contributed by atoms with Crippen LogP contribution in [0, 0.1) is 18.6 Å². The molecule has 8 heteroatoms. The van der Waals surface area contributed by atoms with E-state index >= 15 is 0 Å². The molecule has 2 N–H and O–H groups in total. The number of hydrogen-bond acceptors (Lipinski definition) is 3.